The molecule has 0 saturated carbocycles. The number of pyridine rings is 1. The molecule has 0 radical (unpaired) electrons. The molecule has 0 atom stereocenters. The molecule has 0 spiro atoms. The average Bonchev–Trinajstić information content (AvgIpc) is 3.53. The fourth-order valence-corrected chi connectivity index (χ4v) is 4.51. The molecule has 0 aliphatic carbocycles. The lowest BCUT2D eigenvalue weighted by atomic mass is 9.98. The SMILES string of the molecule is Cc1ccc(-c2cnn3c(=O)n(Cc4ccc(C(F)(F)F)nc4)nc3c2-c2cnn(Cc3ccccc3)c2)cc1. The standard InChI is InChI=1S/C29H22F3N7O/c1-19-7-10-22(11-8-19)24-15-35-39-27(26(24)23-14-34-37(18-23)16-20-5-3-2-4-6-20)36-38(28(39)40)17-21-9-12-25(33-13-21)29(30,31)32/h2-15,18H,16-17H2,1H3. The lowest BCUT2D eigenvalue weighted by Crippen LogP contribution is -2.23. The minimum absolute atomic E-state index is 0.0695. The van der Waals surface area contributed by atoms with Crippen LogP contribution in [0, 0.1) is 6.92 Å². The molecule has 0 fully saturated rings. The van der Waals surface area contributed by atoms with Gasteiger partial charge in [0.15, 0.2) is 5.65 Å². The maximum atomic E-state index is 13.3. The Labute approximate surface area is 226 Å². The van der Waals surface area contributed by atoms with Crippen LogP contribution in [0.3, 0.4) is 0 Å². The van der Waals surface area contributed by atoms with Crippen molar-refractivity contribution in [2.75, 3.05) is 0 Å². The van der Waals surface area contributed by atoms with Crippen molar-refractivity contribution in [3.05, 3.63) is 124 Å². The molecule has 0 unspecified atom stereocenters. The van der Waals surface area contributed by atoms with Crippen LogP contribution in [-0.2, 0) is 19.3 Å². The van der Waals surface area contributed by atoms with E-state index in [1.54, 1.807) is 12.4 Å². The summed E-state index contributed by atoms with van der Waals surface area (Å²) >= 11 is 0. The quantitative estimate of drug-likeness (QED) is 0.288. The summed E-state index contributed by atoms with van der Waals surface area (Å²) in [5.41, 5.74) is 4.42. The van der Waals surface area contributed by atoms with E-state index in [1.165, 1.54) is 15.3 Å². The molecule has 6 rings (SSSR count). The molecular weight excluding hydrogens is 519 g/mol. The van der Waals surface area contributed by atoms with Gasteiger partial charge in [0.1, 0.15) is 5.69 Å². The van der Waals surface area contributed by atoms with Crippen molar-refractivity contribution in [2.24, 2.45) is 0 Å². The van der Waals surface area contributed by atoms with Gasteiger partial charge >= 0.3 is 11.9 Å². The van der Waals surface area contributed by atoms with E-state index in [2.05, 4.69) is 20.3 Å². The van der Waals surface area contributed by atoms with E-state index >= 15 is 0 Å². The molecule has 0 saturated heterocycles. The van der Waals surface area contributed by atoms with Gasteiger partial charge in [-0.05, 0) is 29.7 Å². The van der Waals surface area contributed by atoms with E-state index in [9.17, 15) is 18.0 Å². The van der Waals surface area contributed by atoms with Crippen molar-refractivity contribution in [2.45, 2.75) is 26.2 Å². The Morgan fingerprint density at radius 3 is 2.27 bits per heavy atom. The number of hydrogen-bond acceptors (Lipinski definition) is 5. The van der Waals surface area contributed by atoms with Crippen molar-refractivity contribution in [1.82, 2.24) is 34.2 Å². The van der Waals surface area contributed by atoms with Crippen LogP contribution in [0.1, 0.15) is 22.4 Å². The van der Waals surface area contributed by atoms with Crippen LogP contribution >= 0.6 is 0 Å². The highest BCUT2D eigenvalue weighted by molar-refractivity contribution is 5.90. The topological polar surface area (TPSA) is 82.9 Å². The predicted octanol–water partition coefficient (Wildman–Crippen LogP) is 5.24. The molecule has 0 aliphatic rings. The maximum Gasteiger partial charge on any atom is 0.433 e. The van der Waals surface area contributed by atoms with Gasteiger partial charge in [0, 0.05) is 29.1 Å². The van der Waals surface area contributed by atoms with Crippen LogP contribution in [0.4, 0.5) is 13.2 Å². The Hall–Kier alpha value is -5.06. The molecule has 4 heterocycles. The zero-order valence-corrected chi connectivity index (χ0v) is 21.2. The molecule has 0 bridgehead atoms. The van der Waals surface area contributed by atoms with Gasteiger partial charge in [0.2, 0.25) is 0 Å². The summed E-state index contributed by atoms with van der Waals surface area (Å²) in [5, 5.41) is 13.5. The Morgan fingerprint density at radius 2 is 1.57 bits per heavy atom. The van der Waals surface area contributed by atoms with Crippen LogP contribution in [0.15, 0.2) is 96.3 Å². The summed E-state index contributed by atoms with van der Waals surface area (Å²) < 4.78 is 43.0. The summed E-state index contributed by atoms with van der Waals surface area (Å²) in [4.78, 5) is 16.8. The number of aryl methyl sites for hydroxylation is 1. The highest BCUT2D eigenvalue weighted by atomic mass is 19.4. The third-order valence-corrected chi connectivity index (χ3v) is 6.53. The van der Waals surface area contributed by atoms with Crippen molar-refractivity contribution >= 4 is 5.65 Å². The Balaban J connectivity index is 1.45. The fourth-order valence-electron chi connectivity index (χ4n) is 4.51. The van der Waals surface area contributed by atoms with Crippen LogP contribution in [0.5, 0.6) is 0 Å². The maximum absolute atomic E-state index is 13.3. The van der Waals surface area contributed by atoms with Crippen molar-refractivity contribution in [3.8, 4) is 22.3 Å². The van der Waals surface area contributed by atoms with Crippen molar-refractivity contribution < 1.29 is 13.2 Å². The first-order valence-electron chi connectivity index (χ1n) is 12.4. The predicted molar refractivity (Wildman–Crippen MR) is 143 cm³/mol. The molecule has 8 nitrogen and oxygen atoms in total. The van der Waals surface area contributed by atoms with E-state index in [4.69, 9.17) is 0 Å². The van der Waals surface area contributed by atoms with Gasteiger partial charge in [0.25, 0.3) is 0 Å². The first-order chi connectivity index (χ1) is 19.3. The minimum Gasteiger partial charge on any atom is -0.268 e. The second-order valence-electron chi connectivity index (χ2n) is 9.44. The van der Waals surface area contributed by atoms with Gasteiger partial charge in [0.05, 0.1) is 25.5 Å². The van der Waals surface area contributed by atoms with Gasteiger partial charge in [-0.15, -0.1) is 5.10 Å². The Kier molecular flexibility index (Phi) is 6.25. The van der Waals surface area contributed by atoms with Crippen LogP contribution in [-0.4, -0.2) is 34.2 Å². The molecule has 0 aliphatic heterocycles. The van der Waals surface area contributed by atoms with Crippen LogP contribution in [0.2, 0.25) is 0 Å². The lowest BCUT2D eigenvalue weighted by Gasteiger charge is -2.09. The average molecular weight is 542 g/mol. The highest BCUT2D eigenvalue weighted by Gasteiger charge is 2.32. The smallest absolute Gasteiger partial charge is 0.268 e. The number of hydrogen-bond donors (Lipinski definition) is 0. The van der Waals surface area contributed by atoms with E-state index in [-0.39, 0.29) is 6.54 Å². The molecule has 40 heavy (non-hydrogen) atoms. The summed E-state index contributed by atoms with van der Waals surface area (Å²) in [6, 6.07) is 20.0. The van der Waals surface area contributed by atoms with Gasteiger partial charge in [-0.25, -0.2) is 9.48 Å². The Bertz CT molecular complexity index is 1850. The first-order valence-corrected chi connectivity index (χ1v) is 12.4. The van der Waals surface area contributed by atoms with Gasteiger partial charge in [-0.1, -0.05) is 66.2 Å². The van der Waals surface area contributed by atoms with Crippen LogP contribution in [0.25, 0.3) is 27.9 Å². The summed E-state index contributed by atoms with van der Waals surface area (Å²) in [7, 11) is 0. The third kappa shape index (κ3) is 4.89. The second-order valence-corrected chi connectivity index (χ2v) is 9.44. The molecular formula is C29H22F3N7O. The number of halogens is 3. The number of alkyl halides is 3. The summed E-state index contributed by atoms with van der Waals surface area (Å²) in [5.74, 6) is 0. The number of fused-ring (bicyclic) bond motifs is 1. The fraction of sp³-hybridized carbons (Fsp3) is 0.138. The zero-order chi connectivity index (χ0) is 27.9. The largest absolute Gasteiger partial charge is 0.433 e. The molecule has 0 amide bonds. The van der Waals surface area contributed by atoms with E-state index in [0.717, 1.165) is 40.1 Å². The minimum atomic E-state index is -4.55. The molecule has 11 heteroatoms. The highest BCUT2D eigenvalue weighted by Crippen LogP contribution is 2.34. The summed E-state index contributed by atoms with van der Waals surface area (Å²) in [6.07, 6.45) is 1.78. The first kappa shape index (κ1) is 25.2. The zero-order valence-electron chi connectivity index (χ0n) is 21.2. The molecule has 0 N–H and O–H groups in total. The number of benzene rings is 2. The molecule has 6 aromatic rings. The number of nitrogens with zero attached hydrogens (tertiary/aromatic N) is 7. The van der Waals surface area contributed by atoms with Crippen molar-refractivity contribution in [3.63, 3.8) is 0 Å². The number of rotatable bonds is 6. The molecule has 2 aromatic carbocycles. The van der Waals surface area contributed by atoms with Gasteiger partial charge in [-0.3, -0.25) is 9.67 Å². The number of aromatic nitrogens is 7. The van der Waals surface area contributed by atoms with E-state index in [1.807, 2.05) is 72.4 Å². The monoisotopic (exact) mass is 541 g/mol. The molecule has 200 valence electrons. The Morgan fingerprint density at radius 1 is 0.800 bits per heavy atom. The van der Waals surface area contributed by atoms with E-state index < -0.39 is 17.6 Å². The van der Waals surface area contributed by atoms with Gasteiger partial charge in [-0.2, -0.15) is 27.9 Å². The molecule has 4 aromatic heterocycles. The van der Waals surface area contributed by atoms with Crippen molar-refractivity contribution in [1.29, 1.82) is 0 Å². The van der Waals surface area contributed by atoms with Gasteiger partial charge < -0.3 is 0 Å². The third-order valence-electron chi connectivity index (χ3n) is 6.53. The van der Waals surface area contributed by atoms with E-state index in [0.29, 0.717) is 23.3 Å². The normalized spacial score (nSPS) is 11.8. The van der Waals surface area contributed by atoms with Crippen LogP contribution < -0.4 is 5.69 Å². The summed E-state index contributed by atoms with van der Waals surface area (Å²) in [6.45, 7) is 2.49. The second kappa shape index (κ2) is 9.92. The lowest BCUT2D eigenvalue weighted by molar-refractivity contribution is -0.141.